The van der Waals surface area contributed by atoms with Crippen molar-refractivity contribution in [2.24, 2.45) is 4.99 Å². The number of hydrogen-bond acceptors (Lipinski definition) is 3. The van der Waals surface area contributed by atoms with Crippen LogP contribution in [-0.4, -0.2) is 30.6 Å². The smallest absolute Gasteiger partial charge is 0.191 e. The summed E-state index contributed by atoms with van der Waals surface area (Å²) in [7, 11) is 0. The summed E-state index contributed by atoms with van der Waals surface area (Å²) >= 11 is 1.71. The third-order valence-electron chi connectivity index (χ3n) is 4.07. The lowest BCUT2D eigenvalue weighted by molar-refractivity contribution is 0.560. The average molecular weight is 508 g/mol. The Morgan fingerprint density at radius 3 is 2.59 bits per heavy atom. The molecule has 0 amide bonds. The Morgan fingerprint density at radius 1 is 1.26 bits per heavy atom. The number of halogens is 3. The van der Waals surface area contributed by atoms with Crippen molar-refractivity contribution < 1.29 is 8.78 Å². The van der Waals surface area contributed by atoms with E-state index in [0.29, 0.717) is 18.1 Å². The van der Waals surface area contributed by atoms with Gasteiger partial charge >= 0.3 is 0 Å². The molecule has 1 heterocycles. The molecule has 0 bridgehead atoms. The molecule has 2 N–H and O–H groups in total. The van der Waals surface area contributed by atoms with Crippen molar-refractivity contribution in [3.05, 3.63) is 51.0 Å². The van der Waals surface area contributed by atoms with E-state index in [1.54, 1.807) is 11.3 Å². The number of guanidine groups is 1. The second-order valence-electron chi connectivity index (χ2n) is 6.21. The Morgan fingerprint density at radius 2 is 2.00 bits per heavy atom. The number of aliphatic imine (C=N–C) groups is 1. The summed E-state index contributed by atoms with van der Waals surface area (Å²) in [5.74, 6) is -0.549. The zero-order valence-electron chi connectivity index (χ0n) is 16.1. The fraction of sp³-hybridized carbons (Fsp3) is 0.474. The minimum Gasteiger partial charge on any atom is -0.357 e. The molecule has 0 aliphatic carbocycles. The van der Waals surface area contributed by atoms with Crippen LogP contribution in [0.2, 0.25) is 0 Å². The molecule has 0 fully saturated rings. The van der Waals surface area contributed by atoms with Crippen LogP contribution in [0.15, 0.2) is 23.2 Å². The monoisotopic (exact) mass is 508 g/mol. The number of aryl methyl sites for hydroxylation is 2. The third kappa shape index (κ3) is 7.33. The molecule has 1 aromatic carbocycles. The number of aromatic nitrogens is 1. The van der Waals surface area contributed by atoms with Crippen LogP contribution >= 0.6 is 35.3 Å². The van der Waals surface area contributed by atoms with Crippen LogP contribution in [0.1, 0.15) is 40.9 Å². The summed E-state index contributed by atoms with van der Waals surface area (Å²) in [6.07, 6.45) is 0.825. The van der Waals surface area contributed by atoms with Crippen LogP contribution in [0.25, 0.3) is 0 Å². The second kappa shape index (κ2) is 11.5. The first-order chi connectivity index (χ1) is 12.4. The highest BCUT2D eigenvalue weighted by atomic mass is 127. The molecule has 0 aliphatic heterocycles. The second-order valence-corrected chi connectivity index (χ2v) is 7.50. The molecule has 1 atom stereocenters. The molecule has 1 aromatic heterocycles. The molecule has 150 valence electrons. The minimum absolute atomic E-state index is 0. The van der Waals surface area contributed by atoms with Crippen LogP contribution in [0, 0.1) is 25.5 Å². The standard InChI is InChI=1S/C19H26F2N4S.HI/c1-5-22-19(23-9-8-18-25-13(3)14(4)26-18)24-11-12(2)16-7-6-15(20)10-17(16)21;/h6-7,10,12H,5,8-9,11H2,1-4H3,(H2,22,23,24);1H. The fourth-order valence-electron chi connectivity index (χ4n) is 2.50. The highest BCUT2D eigenvalue weighted by Gasteiger charge is 2.12. The van der Waals surface area contributed by atoms with E-state index in [0.717, 1.165) is 36.3 Å². The van der Waals surface area contributed by atoms with Crippen molar-refractivity contribution in [2.45, 2.75) is 40.0 Å². The topological polar surface area (TPSA) is 49.3 Å². The Bertz CT molecular complexity index is 745. The molecule has 2 aromatic rings. The van der Waals surface area contributed by atoms with Crippen molar-refractivity contribution in [2.75, 3.05) is 19.6 Å². The van der Waals surface area contributed by atoms with Gasteiger partial charge in [0.25, 0.3) is 0 Å². The van der Waals surface area contributed by atoms with Gasteiger partial charge in [0.1, 0.15) is 11.6 Å². The Balaban J connectivity index is 0.00000364. The van der Waals surface area contributed by atoms with Crippen LogP contribution in [0.4, 0.5) is 8.78 Å². The number of thiazole rings is 1. The minimum atomic E-state index is -0.565. The Kier molecular flexibility index (Phi) is 10.1. The first-order valence-corrected chi connectivity index (χ1v) is 9.62. The summed E-state index contributed by atoms with van der Waals surface area (Å²) in [5.41, 5.74) is 1.56. The van der Waals surface area contributed by atoms with Gasteiger partial charge in [-0.05, 0) is 32.4 Å². The van der Waals surface area contributed by atoms with Crippen molar-refractivity contribution in [1.82, 2.24) is 15.6 Å². The number of benzene rings is 1. The summed E-state index contributed by atoms with van der Waals surface area (Å²) in [6.45, 7) is 9.83. The highest BCUT2D eigenvalue weighted by molar-refractivity contribution is 14.0. The van der Waals surface area contributed by atoms with E-state index in [1.165, 1.54) is 17.0 Å². The molecule has 0 saturated heterocycles. The predicted molar refractivity (Wildman–Crippen MR) is 119 cm³/mol. The van der Waals surface area contributed by atoms with Gasteiger partial charge in [-0.3, -0.25) is 4.99 Å². The van der Waals surface area contributed by atoms with Crippen LogP contribution < -0.4 is 10.6 Å². The van der Waals surface area contributed by atoms with Gasteiger partial charge in [0.2, 0.25) is 0 Å². The van der Waals surface area contributed by atoms with Gasteiger partial charge in [0, 0.05) is 42.9 Å². The quantitative estimate of drug-likeness (QED) is 0.328. The first-order valence-electron chi connectivity index (χ1n) is 8.80. The number of rotatable bonds is 7. The van der Waals surface area contributed by atoms with Crippen molar-refractivity contribution in [1.29, 1.82) is 0 Å². The van der Waals surface area contributed by atoms with E-state index in [4.69, 9.17) is 0 Å². The molecule has 8 heteroatoms. The van der Waals surface area contributed by atoms with Gasteiger partial charge in [0.05, 0.1) is 10.7 Å². The van der Waals surface area contributed by atoms with Crippen molar-refractivity contribution >= 4 is 41.3 Å². The molecule has 0 radical (unpaired) electrons. The molecule has 0 aliphatic rings. The van der Waals surface area contributed by atoms with E-state index in [1.807, 2.05) is 20.8 Å². The maximum absolute atomic E-state index is 13.9. The van der Waals surface area contributed by atoms with Gasteiger partial charge in [-0.2, -0.15) is 0 Å². The van der Waals surface area contributed by atoms with E-state index >= 15 is 0 Å². The molecular weight excluding hydrogens is 481 g/mol. The SMILES string of the molecule is CCNC(=NCC(C)c1ccc(F)cc1F)NCCc1nc(C)c(C)s1.I. The van der Waals surface area contributed by atoms with Crippen LogP contribution in [0.3, 0.4) is 0 Å². The van der Waals surface area contributed by atoms with Gasteiger partial charge in [0.15, 0.2) is 5.96 Å². The largest absolute Gasteiger partial charge is 0.357 e. The van der Waals surface area contributed by atoms with Crippen molar-refractivity contribution in [3.8, 4) is 0 Å². The molecule has 2 rings (SSSR count). The zero-order chi connectivity index (χ0) is 19.1. The van der Waals surface area contributed by atoms with Crippen LogP contribution in [-0.2, 0) is 6.42 Å². The number of hydrogen-bond donors (Lipinski definition) is 2. The Labute approximate surface area is 180 Å². The summed E-state index contributed by atoms with van der Waals surface area (Å²) in [4.78, 5) is 10.3. The molecule has 1 unspecified atom stereocenters. The normalized spacial score (nSPS) is 12.4. The van der Waals surface area contributed by atoms with E-state index < -0.39 is 11.6 Å². The lowest BCUT2D eigenvalue weighted by atomic mass is 10.0. The predicted octanol–water partition coefficient (Wildman–Crippen LogP) is 4.56. The summed E-state index contributed by atoms with van der Waals surface area (Å²) < 4.78 is 26.9. The van der Waals surface area contributed by atoms with Gasteiger partial charge in [-0.15, -0.1) is 35.3 Å². The molecule has 0 spiro atoms. The lowest BCUT2D eigenvalue weighted by Crippen LogP contribution is -2.38. The highest BCUT2D eigenvalue weighted by Crippen LogP contribution is 2.20. The number of nitrogens with one attached hydrogen (secondary N) is 2. The van der Waals surface area contributed by atoms with E-state index in [-0.39, 0.29) is 29.9 Å². The van der Waals surface area contributed by atoms with E-state index in [2.05, 4.69) is 27.5 Å². The first kappa shape index (κ1) is 23.7. The third-order valence-corrected chi connectivity index (χ3v) is 5.20. The molecule has 27 heavy (non-hydrogen) atoms. The van der Waals surface area contributed by atoms with Crippen LogP contribution in [0.5, 0.6) is 0 Å². The maximum atomic E-state index is 13.9. The summed E-state index contributed by atoms with van der Waals surface area (Å²) in [6, 6.07) is 3.68. The fourth-order valence-corrected chi connectivity index (χ4v) is 3.44. The molecular formula is C19H27F2IN4S. The number of nitrogens with zero attached hydrogens (tertiary/aromatic N) is 2. The summed E-state index contributed by atoms with van der Waals surface area (Å²) in [5, 5.41) is 7.57. The maximum Gasteiger partial charge on any atom is 0.191 e. The zero-order valence-corrected chi connectivity index (χ0v) is 19.3. The lowest BCUT2D eigenvalue weighted by Gasteiger charge is -2.14. The molecule has 4 nitrogen and oxygen atoms in total. The van der Waals surface area contributed by atoms with Gasteiger partial charge in [-0.25, -0.2) is 13.8 Å². The molecule has 0 saturated carbocycles. The average Bonchev–Trinajstić information content (AvgIpc) is 2.90. The van der Waals surface area contributed by atoms with E-state index in [9.17, 15) is 8.78 Å². The van der Waals surface area contributed by atoms with Gasteiger partial charge in [-0.1, -0.05) is 13.0 Å². The van der Waals surface area contributed by atoms with Crippen molar-refractivity contribution in [3.63, 3.8) is 0 Å². The Hall–Kier alpha value is -1.29. The van der Waals surface area contributed by atoms with Gasteiger partial charge < -0.3 is 10.6 Å².